The van der Waals surface area contributed by atoms with Crippen LogP contribution in [0.25, 0.3) is 21.1 Å². The molecule has 3 heterocycles. The van der Waals surface area contributed by atoms with Gasteiger partial charge in [0.1, 0.15) is 16.6 Å². The fourth-order valence-corrected chi connectivity index (χ4v) is 4.64. The number of thiophene rings is 1. The van der Waals surface area contributed by atoms with Gasteiger partial charge in [0.2, 0.25) is 0 Å². The van der Waals surface area contributed by atoms with Crippen LogP contribution in [0.1, 0.15) is 26.5 Å². The van der Waals surface area contributed by atoms with Gasteiger partial charge in [-0.15, -0.1) is 11.3 Å². The highest BCUT2D eigenvalue weighted by Crippen LogP contribution is 2.34. The molecule has 0 bridgehead atoms. The molecule has 1 atom stereocenters. The third-order valence-corrected chi connectivity index (χ3v) is 6.39. The second kappa shape index (κ2) is 8.27. The van der Waals surface area contributed by atoms with Crippen molar-refractivity contribution in [1.29, 1.82) is 0 Å². The Balaban J connectivity index is 1.63. The molecule has 0 saturated carbocycles. The molecule has 1 aromatic carbocycles. The maximum Gasteiger partial charge on any atom is 0.433 e. The number of nitrogens with one attached hydrogen (secondary N) is 2. The zero-order chi connectivity index (χ0) is 23.0. The SMILES string of the molecule is COC(=O)[C@@H](Cc1c[nH]c2ccccc12)NC(=O)c1sc2nc(C(F)(F)F)ccc2c1C. The molecule has 0 aliphatic rings. The molecule has 6 nitrogen and oxygen atoms in total. The number of rotatable bonds is 5. The number of aromatic amines is 1. The van der Waals surface area contributed by atoms with Gasteiger partial charge in [-0.05, 0) is 36.2 Å². The molecule has 0 fully saturated rings. The Morgan fingerprint density at radius 3 is 2.66 bits per heavy atom. The summed E-state index contributed by atoms with van der Waals surface area (Å²) in [4.78, 5) is 32.4. The predicted octanol–water partition coefficient (Wildman–Crippen LogP) is 4.62. The molecule has 3 aromatic heterocycles. The van der Waals surface area contributed by atoms with Crippen molar-refractivity contribution in [3.05, 3.63) is 64.3 Å². The van der Waals surface area contributed by atoms with Crippen molar-refractivity contribution < 1.29 is 27.5 Å². The first-order chi connectivity index (χ1) is 15.2. The van der Waals surface area contributed by atoms with E-state index in [0.29, 0.717) is 10.9 Å². The maximum absolute atomic E-state index is 13.0. The number of halogens is 3. The molecule has 32 heavy (non-hydrogen) atoms. The minimum absolute atomic E-state index is 0.105. The lowest BCUT2D eigenvalue weighted by Crippen LogP contribution is -2.43. The van der Waals surface area contributed by atoms with Gasteiger partial charge in [-0.2, -0.15) is 13.2 Å². The molecule has 0 unspecified atom stereocenters. The van der Waals surface area contributed by atoms with Gasteiger partial charge < -0.3 is 15.0 Å². The number of carbonyl (C=O) groups excluding carboxylic acids is 2. The summed E-state index contributed by atoms with van der Waals surface area (Å²) in [5.74, 6) is -1.20. The normalized spacial score (nSPS) is 12.8. The number of H-pyrrole nitrogens is 1. The lowest BCUT2D eigenvalue weighted by Gasteiger charge is -2.16. The molecule has 4 aromatic rings. The van der Waals surface area contributed by atoms with E-state index in [9.17, 15) is 22.8 Å². The van der Waals surface area contributed by atoms with Crippen LogP contribution in [0.15, 0.2) is 42.6 Å². The Labute approximate surface area is 184 Å². The Morgan fingerprint density at radius 1 is 1.19 bits per heavy atom. The number of benzene rings is 1. The Morgan fingerprint density at radius 2 is 1.94 bits per heavy atom. The van der Waals surface area contributed by atoms with Crippen LogP contribution in [-0.4, -0.2) is 35.0 Å². The van der Waals surface area contributed by atoms with Crippen LogP contribution >= 0.6 is 11.3 Å². The van der Waals surface area contributed by atoms with Crippen molar-refractivity contribution in [2.24, 2.45) is 0 Å². The number of aryl methyl sites for hydroxylation is 1. The van der Waals surface area contributed by atoms with E-state index in [0.717, 1.165) is 33.9 Å². The first kappa shape index (κ1) is 21.8. The van der Waals surface area contributed by atoms with Gasteiger partial charge in [0.15, 0.2) is 0 Å². The monoisotopic (exact) mass is 461 g/mol. The van der Waals surface area contributed by atoms with E-state index in [4.69, 9.17) is 4.74 Å². The van der Waals surface area contributed by atoms with Crippen molar-refractivity contribution in [2.45, 2.75) is 25.6 Å². The predicted molar refractivity (Wildman–Crippen MR) is 115 cm³/mol. The van der Waals surface area contributed by atoms with E-state index in [1.807, 2.05) is 24.3 Å². The highest BCUT2D eigenvalue weighted by molar-refractivity contribution is 7.20. The lowest BCUT2D eigenvalue weighted by molar-refractivity contribution is -0.143. The first-order valence-electron chi connectivity index (χ1n) is 9.60. The number of nitrogens with zero attached hydrogens (tertiary/aromatic N) is 1. The smallest absolute Gasteiger partial charge is 0.433 e. The molecule has 0 radical (unpaired) electrons. The van der Waals surface area contributed by atoms with Gasteiger partial charge >= 0.3 is 12.1 Å². The quantitative estimate of drug-likeness (QED) is 0.425. The van der Waals surface area contributed by atoms with E-state index in [1.54, 1.807) is 13.1 Å². The summed E-state index contributed by atoms with van der Waals surface area (Å²) in [6.07, 6.45) is -2.63. The van der Waals surface area contributed by atoms with Crippen LogP contribution in [0.4, 0.5) is 13.2 Å². The lowest BCUT2D eigenvalue weighted by atomic mass is 10.0. The van der Waals surface area contributed by atoms with Gasteiger partial charge in [0, 0.05) is 28.9 Å². The number of alkyl halides is 3. The molecular formula is C22H18F3N3O3S. The van der Waals surface area contributed by atoms with E-state index in [-0.39, 0.29) is 16.1 Å². The van der Waals surface area contributed by atoms with Crippen LogP contribution < -0.4 is 5.32 Å². The number of amides is 1. The molecule has 1 amide bonds. The number of hydrogen-bond donors (Lipinski definition) is 2. The molecule has 0 aliphatic heterocycles. The summed E-state index contributed by atoms with van der Waals surface area (Å²) in [5, 5.41) is 4.04. The zero-order valence-corrected chi connectivity index (χ0v) is 17.9. The Kier molecular flexibility index (Phi) is 5.64. The van der Waals surface area contributed by atoms with E-state index < -0.39 is 29.8 Å². The summed E-state index contributed by atoms with van der Waals surface area (Å²) >= 11 is 0.853. The van der Waals surface area contributed by atoms with Gasteiger partial charge in [-0.1, -0.05) is 18.2 Å². The summed E-state index contributed by atoms with van der Waals surface area (Å²) in [6, 6.07) is 8.76. The number of ether oxygens (including phenoxy) is 1. The molecule has 10 heteroatoms. The van der Waals surface area contributed by atoms with Crippen molar-refractivity contribution in [2.75, 3.05) is 7.11 Å². The second-order valence-electron chi connectivity index (χ2n) is 7.22. The zero-order valence-electron chi connectivity index (χ0n) is 17.0. The highest BCUT2D eigenvalue weighted by Gasteiger charge is 2.33. The van der Waals surface area contributed by atoms with Gasteiger partial charge in [-0.25, -0.2) is 9.78 Å². The molecular weight excluding hydrogens is 443 g/mol. The average molecular weight is 461 g/mol. The van der Waals surface area contributed by atoms with Gasteiger partial charge in [-0.3, -0.25) is 4.79 Å². The minimum Gasteiger partial charge on any atom is -0.467 e. The number of esters is 1. The second-order valence-corrected chi connectivity index (χ2v) is 8.22. The number of para-hydroxylation sites is 1. The molecule has 166 valence electrons. The highest BCUT2D eigenvalue weighted by atomic mass is 32.1. The van der Waals surface area contributed by atoms with Crippen molar-refractivity contribution in [1.82, 2.24) is 15.3 Å². The topological polar surface area (TPSA) is 84.1 Å². The standard InChI is InChI=1S/C22H18F3N3O3S/c1-11-13-7-8-17(22(23,24)25)28-20(13)32-18(11)19(29)27-16(21(30)31-2)9-12-10-26-15-6-4-3-5-14(12)15/h3-8,10,16,26H,9H2,1-2H3,(H,27,29)/t16-/m1/s1. The average Bonchev–Trinajstić information content (AvgIpc) is 3.33. The molecule has 2 N–H and O–H groups in total. The van der Waals surface area contributed by atoms with Gasteiger partial charge in [0.25, 0.3) is 5.91 Å². The van der Waals surface area contributed by atoms with E-state index >= 15 is 0 Å². The fourth-order valence-electron chi connectivity index (χ4n) is 3.55. The maximum atomic E-state index is 13.0. The van der Waals surface area contributed by atoms with E-state index in [2.05, 4.69) is 15.3 Å². The Bertz CT molecular complexity index is 1330. The van der Waals surface area contributed by atoms with Gasteiger partial charge in [0.05, 0.1) is 12.0 Å². The fraction of sp³-hybridized carbons (Fsp3) is 0.227. The Hall–Kier alpha value is -3.40. The number of hydrogen-bond acceptors (Lipinski definition) is 5. The first-order valence-corrected chi connectivity index (χ1v) is 10.4. The molecule has 0 spiro atoms. The molecule has 0 saturated heterocycles. The van der Waals surface area contributed by atoms with Crippen molar-refractivity contribution >= 4 is 44.3 Å². The van der Waals surface area contributed by atoms with Crippen molar-refractivity contribution in [3.8, 4) is 0 Å². The number of carbonyl (C=O) groups is 2. The van der Waals surface area contributed by atoms with Crippen LogP contribution in [0.2, 0.25) is 0 Å². The largest absolute Gasteiger partial charge is 0.467 e. The van der Waals surface area contributed by atoms with Crippen LogP contribution in [0.5, 0.6) is 0 Å². The van der Waals surface area contributed by atoms with E-state index in [1.165, 1.54) is 13.2 Å². The number of fused-ring (bicyclic) bond motifs is 2. The number of aromatic nitrogens is 2. The van der Waals surface area contributed by atoms with Crippen LogP contribution in [-0.2, 0) is 22.1 Å². The number of pyridine rings is 1. The molecule has 0 aliphatic carbocycles. The third kappa shape index (κ3) is 4.05. The summed E-state index contributed by atoms with van der Waals surface area (Å²) in [7, 11) is 1.23. The summed E-state index contributed by atoms with van der Waals surface area (Å²) in [5.41, 5.74) is 1.19. The number of methoxy groups -OCH3 is 1. The van der Waals surface area contributed by atoms with Crippen LogP contribution in [0.3, 0.4) is 0 Å². The third-order valence-electron chi connectivity index (χ3n) is 5.19. The molecule has 4 rings (SSSR count). The summed E-state index contributed by atoms with van der Waals surface area (Å²) < 4.78 is 43.8. The van der Waals surface area contributed by atoms with Crippen molar-refractivity contribution in [3.63, 3.8) is 0 Å². The van der Waals surface area contributed by atoms with Crippen LogP contribution in [0, 0.1) is 6.92 Å². The summed E-state index contributed by atoms with van der Waals surface area (Å²) in [6.45, 7) is 1.63. The minimum atomic E-state index is -4.58.